The number of barbiturate groups is 1. The van der Waals surface area contributed by atoms with Crippen LogP contribution < -0.4 is 5.32 Å². The molecule has 1 aromatic heterocycles. The van der Waals surface area contributed by atoms with Crippen LogP contribution in [-0.2, 0) is 16.0 Å². The summed E-state index contributed by atoms with van der Waals surface area (Å²) in [4.78, 5) is 40.6. The van der Waals surface area contributed by atoms with E-state index in [1.54, 1.807) is 5.51 Å². The first-order valence-electron chi connectivity index (χ1n) is 5.68. The molecular weight excluding hydrogens is 254 g/mol. The maximum Gasteiger partial charge on any atom is 0.330 e. The highest BCUT2D eigenvalue weighted by Crippen LogP contribution is 2.48. The lowest BCUT2D eigenvalue weighted by molar-refractivity contribution is -0.144. The van der Waals surface area contributed by atoms with E-state index in [0.717, 1.165) is 10.6 Å². The summed E-state index contributed by atoms with van der Waals surface area (Å²) in [6, 6.07) is -0.613. The van der Waals surface area contributed by atoms with Gasteiger partial charge in [-0.1, -0.05) is 0 Å². The van der Waals surface area contributed by atoms with Gasteiger partial charge in [-0.2, -0.15) is 0 Å². The minimum Gasteiger partial charge on any atom is -0.277 e. The Morgan fingerprint density at radius 2 is 2.17 bits per heavy atom. The molecule has 1 N–H and O–H groups in total. The van der Waals surface area contributed by atoms with Gasteiger partial charge >= 0.3 is 6.03 Å². The molecule has 0 bridgehead atoms. The van der Waals surface area contributed by atoms with Crippen LogP contribution in [0.25, 0.3) is 0 Å². The fraction of sp³-hybridized carbons (Fsp3) is 0.455. The molecule has 3 rings (SSSR count). The summed E-state index contributed by atoms with van der Waals surface area (Å²) in [7, 11) is 0. The Labute approximate surface area is 107 Å². The number of urea groups is 1. The molecule has 18 heavy (non-hydrogen) atoms. The molecule has 4 amide bonds. The second kappa shape index (κ2) is 3.88. The molecule has 1 saturated carbocycles. The quantitative estimate of drug-likeness (QED) is 0.809. The van der Waals surface area contributed by atoms with E-state index in [1.807, 2.05) is 5.38 Å². The summed E-state index contributed by atoms with van der Waals surface area (Å²) in [5.74, 6) is -0.797. The fourth-order valence-corrected chi connectivity index (χ4v) is 2.68. The predicted octanol–water partition coefficient (Wildman–Crippen LogP) is 0.544. The zero-order valence-electron chi connectivity index (χ0n) is 9.51. The maximum atomic E-state index is 12.1. The third-order valence-electron chi connectivity index (χ3n) is 3.38. The summed E-state index contributed by atoms with van der Waals surface area (Å²) in [6.45, 7) is 0.267. The van der Waals surface area contributed by atoms with Crippen molar-refractivity contribution in [2.45, 2.75) is 19.3 Å². The molecule has 2 aliphatic rings. The summed E-state index contributed by atoms with van der Waals surface area (Å²) in [6.07, 6.45) is 1.60. The van der Waals surface area contributed by atoms with Gasteiger partial charge < -0.3 is 0 Å². The molecule has 1 spiro atoms. The van der Waals surface area contributed by atoms with Crippen LogP contribution in [0.1, 0.15) is 18.5 Å². The average molecular weight is 265 g/mol. The van der Waals surface area contributed by atoms with Crippen molar-refractivity contribution in [2.24, 2.45) is 5.41 Å². The Morgan fingerprint density at radius 1 is 1.39 bits per heavy atom. The molecule has 0 aromatic carbocycles. The van der Waals surface area contributed by atoms with Crippen LogP contribution in [0.2, 0.25) is 0 Å². The SMILES string of the molecule is O=C1NC(=O)C2(CC2)C(=O)N1CCc1cscn1. The minimum absolute atomic E-state index is 0.267. The van der Waals surface area contributed by atoms with Crippen LogP contribution in [0.4, 0.5) is 4.79 Å². The van der Waals surface area contributed by atoms with Gasteiger partial charge in [-0.25, -0.2) is 9.78 Å². The number of rotatable bonds is 3. The van der Waals surface area contributed by atoms with Gasteiger partial charge in [0.1, 0.15) is 5.41 Å². The van der Waals surface area contributed by atoms with Crippen LogP contribution in [0.5, 0.6) is 0 Å². The van der Waals surface area contributed by atoms with Gasteiger partial charge in [-0.3, -0.25) is 19.8 Å². The Kier molecular flexibility index (Phi) is 2.44. The number of hydrogen-bond acceptors (Lipinski definition) is 5. The van der Waals surface area contributed by atoms with Crippen molar-refractivity contribution in [1.82, 2.24) is 15.2 Å². The fourth-order valence-electron chi connectivity index (χ4n) is 2.09. The van der Waals surface area contributed by atoms with Crippen LogP contribution in [0.15, 0.2) is 10.9 Å². The lowest BCUT2D eigenvalue weighted by atomic mass is 10.0. The van der Waals surface area contributed by atoms with E-state index < -0.39 is 17.4 Å². The Balaban J connectivity index is 1.73. The minimum atomic E-state index is -0.948. The number of amides is 4. The Morgan fingerprint density at radius 3 is 2.78 bits per heavy atom. The van der Waals surface area contributed by atoms with Gasteiger partial charge in [-0.05, 0) is 12.8 Å². The van der Waals surface area contributed by atoms with Crippen LogP contribution in [0, 0.1) is 5.41 Å². The summed E-state index contributed by atoms with van der Waals surface area (Å²) in [5.41, 5.74) is 1.61. The molecule has 0 radical (unpaired) electrons. The van der Waals surface area contributed by atoms with Gasteiger partial charge in [-0.15, -0.1) is 11.3 Å². The number of carbonyl (C=O) groups is 3. The van der Waals surface area contributed by atoms with Gasteiger partial charge in [0, 0.05) is 18.3 Å². The zero-order valence-corrected chi connectivity index (χ0v) is 10.3. The topological polar surface area (TPSA) is 79.4 Å². The molecule has 1 aliphatic heterocycles. The molecule has 7 heteroatoms. The highest BCUT2D eigenvalue weighted by molar-refractivity contribution is 7.07. The van der Waals surface area contributed by atoms with Gasteiger partial charge in [0.2, 0.25) is 11.8 Å². The lowest BCUT2D eigenvalue weighted by Crippen LogP contribution is -2.59. The van der Waals surface area contributed by atoms with Crippen molar-refractivity contribution in [2.75, 3.05) is 6.54 Å². The van der Waals surface area contributed by atoms with Crippen molar-refractivity contribution in [1.29, 1.82) is 0 Å². The first-order chi connectivity index (χ1) is 8.63. The molecule has 94 valence electrons. The summed E-state index contributed by atoms with van der Waals surface area (Å²) < 4.78 is 0. The van der Waals surface area contributed by atoms with E-state index in [4.69, 9.17) is 0 Å². The molecule has 1 saturated heterocycles. The number of nitrogens with zero attached hydrogens (tertiary/aromatic N) is 2. The number of nitrogens with one attached hydrogen (secondary N) is 1. The van der Waals surface area contributed by atoms with Crippen LogP contribution in [-0.4, -0.2) is 34.3 Å². The third-order valence-corrected chi connectivity index (χ3v) is 4.02. The molecule has 1 aliphatic carbocycles. The molecule has 0 atom stereocenters. The Hall–Kier alpha value is -1.76. The van der Waals surface area contributed by atoms with E-state index in [2.05, 4.69) is 10.3 Å². The standard InChI is InChI=1S/C11H11N3O3S/c15-8-11(2-3-11)9(16)14(10(17)13-8)4-1-7-5-18-6-12-7/h5-6H,1-4H2,(H,13,15,17). The van der Waals surface area contributed by atoms with E-state index in [1.165, 1.54) is 11.3 Å². The molecule has 2 heterocycles. The molecule has 6 nitrogen and oxygen atoms in total. The first kappa shape index (κ1) is 11.3. The molecule has 1 aromatic rings. The van der Waals surface area contributed by atoms with Crippen molar-refractivity contribution in [3.8, 4) is 0 Å². The van der Waals surface area contributed by atoms with Crippen molar-refractivity contribution < 1.29 is 14.4 Å². The Bertz CT molecular complexity index is 522. The highest BCUT2D eigenvalue weighted by atomic mass is 32.1. The van der Waals surface area contributed by atoms with Gasteiger partial charge in [0.25, 0.3) is 0 Å². The van der Waals surface area contributed by atoms with Crippen LogP contribution >= 0.6 is 11.3 Å². The maximum absolute atomic E-state index is 12.1. The molecule has 2 fully saturated rings. The largest absolute Gasteiger partial charge is 0.330 e. The number of carbonyl (C=O) groups excluding carboxylic acids is 3. The first-order valence-corrected chi connectivity index (χ1v) is 6.62. The summed E-state index contributed by atoms with van der Waals surface area (Å²) in [5, 5.41) is 4.13. The number of imide groups is 2. The monoisotopic (exact) mass is 265 g/mol. The van der Waals surface area contributed by atoms with Crippen LogP contribution in [0.3, 0.4) is 0 Å². The van der Waals surface area contributed by atoms with Gasteiger partial charge in [0.15, 0.2) is 0 Å². The van der Waals surface area contributed by atoms with E-state index in [0.29, 0.717) is 19.3 Å². The smallest absolute Gasteiger partial charge is 0.277 e. The molecular formula is C11H11N3O3S. The second-order valence-electron chi connectivity index (χ2n) is 4.53. The zero-order chi connectivity index (χ0) is 12.8. The number of hydrogen-bond donors (Lipinski definition) is 1. The number of thiazole rings is 1. The van der Waals surface area contributed by atoms with E-state index in [9.17, 15) is 14.4 Å². The normalized spacial score (nSPS) is 21.3. The lowest BCUT2D eigenvalue weighted by Gasteiger charge is -2.29. The number of aromatic nitrogens is 1. The summed E-state index contributed by atoms with van der Waals surface area (Å²) >= 11 is 1.47. The molecule has 0 unspecified atom stereocenters. The third kappa shape index (κ3) is 1.62. The van der Waals surface area contributed by atoms with Gasteiger partial charge in [0.05, 0.1) is 11.2 Å². The van der Waals surface area contributed by atoms with Crippen molar-refractivity contribution in [3.05, 3.63) is 16.6 Å². The average Bonchev–Trinajstić information content (AvgIpc) is 2.99. The van der Waals surface area contributed by atoms with E-state index >= 15 is 0 Å². The second-order valence-corrected chi connectivity index (χ2v) is 5.25. The highest BCUT2D eigenvalue weighted by Gasteiger charge is 2.61. The van der Waals surface area contributed by atoms with Crippen molar-refractivity contribution in [3.63, 3.8) is 0 Å². The predicted molar refractivity (Wildman–Crippen MR) is 62.7 cm³/mol. The van der Waals surface area contributed by atoms with E-state index in [-0.39, 0.29) is 12.5 Å². The van der Waals surface area contributed by atoms with Crippen molar-refractivity contribution >= 4 is 29.2 Å².